The Hall–Kier alpha value is -1.71. The van der Waals surface area contributed by atoms with Crippen molar-refractivity contribution in [2.45, 2.75) is 39.2 Å². The Balaban J connectivity index is 0.00000420. The molecule has 2 rings (SSSR count). The molecule has 0 saturated heterocycles. The number of nitrogens with one attached hydrogen (secondary N) is 2. The molecule has 0 aromatic heterocycles. The second kappa shape index (κ2) is 12.1. The van der Waals surface area contributed by atoms with Crippen LogP contribution >= 0.6 is 24.0 Å². The van der Waals surface area contributed by atoms with Gasteiger partial charge in [-0.25, -0.2) is 0 Å². The van der Waals surface area contributed by atoms with Gasteiger partial charge in [0.25, 0.3) is 0 Å². The van der Waals surface area contributed by atoms with Crippen molar-refractivity contribution in [1.29, 1.82) is 0 Å². The highest BCUT2D eigenvalue weighted by molar-refractivity contribution is 14.0. The van der Waals surface area contributed by atoms with E-state index in [0.717, 1.165) is 42.7 Å². The van der Waals surface area contributed by atoms with Gasteiger partial charge in [-0.05, 0) is 37.5 Å². The number of carbonyl (C=O) groups excluding carboxylic acids is 1. The van der Waals surface area contributed by atoms with Crippen LogP contribution in [0.1, 0.15) is 38.2 Å². The molecule has 0 unspecified atom stereocenters. The molecule has 1 aromatic rings. The number of hydrogen-bond acceptors (Lipinski definition) is 4. The van der Waals surface area contributed by atoms with Crippen molar-refractivity contribution in [3.63, 3.8) is 0 Å². The number of hydrogen-bond donors (Lipinski definition) is 2. The Bertz CT molecular complexity index is 689. The van der Waals surface area contributed by atoms with E-state index in [2.05, 4.69) is 15.6 Å². The quantitative estimate of drug-likeness (QED) is 0.315. The highest BCUT2D eigenvalue weighted by Gasteiger charge is 2.42. The topological polar surface area (TPSA) is 75.2 Å². The van der Waals surface area contributed by atoms with Gasteiger partial charge >= 0.3 is 0 Å². The van der Waals surface area contributed by atoms with Gasteiger partial charge in [0.2, 0.25) is 5.91 Å². The number of benzene rings is 1. The Morgan fingerprint density at radius 2 is 1.90 bits per heavy atom. The second-order valence-electron chi connectivity index (χ2n) is 7.38. The zero-order chi connectivity index (χ0) is 20.6. The molecule has 0 spiro atoms. The summed E-state index contributed by atoms with van der Waals surface area (Å²) in [4.78, 5) is 18.7. The number of ether oxygens (including phenoxy) is 2. The molecule has 164 valence electrons. The van der Waals surface area contributed by atoms with Gasteiger partial charge in [0, 0.05) is 34.2 Å². The van der Waals surface area contributed by atoms with Gasteiger partial charge in [-0.1, -0.05) is 18.9 Å². The fourth-order valence-corrected chi connectivity index (χ4v) is 3.75. The van der Waals surface area contributed by atoms with Crippen molar-refractivity contribution < 1.29 is 14.3 Å². The van der Waals surface area contributed by atoms with E-state index in [1.807, 2.05) is 39.2 Å². The monoisotopic (exact) mass is 518 g/mol. The molecule has 1 aliphatic carbocycles. The molecule has 29 heavy (non-hydrogen) atoms. The minimum absolute atomic E-state index is 0. The lowest BCUT2D eigenvalue weighted by Gasteiger charge is -2.31. The predicted molar refractivity (Wildman–Crippen MR) is 127 cm³/mol. The zero-order valence-electron chi connectivity index (χ0n) is 18.2. The first-order valence-corrected chi connectivity index (χ1v) is 9.91. The molecule has 0 aliphatic heterocycles. The van der Waals surface area contributed by atoms with E-state index < -0.39 is 0 Å². The summed E-state index contributed by atoms with van der Waals surface area (Å²) in [6.45, 7) is 3.72. The Labute approximate surface area is 191 Å². The number of methoxy groups -OCH3 is 1. The summed E-state index contributed by atoms with van der Waals surface area (Å²) < 4.78 is 11.0. The molecule has 1 saturated carbocycles. The molecule has 7 nitrogen and oxygen atoms in total. The summed E-state index contributed by atoms with van der Waals surface area (Å²) in [6, 6.07) is 5.87. The largest absolute Gasteiger partial charge is 0.493 e. The van der Waals surface area contributed by atoms with Crippen LogP contribution in [0.5, 0.6) is 11.5 Å². The van der Waals surface area contributed by atoms with Crippen LogP contribution in [0.15, 0.2) is 23.2 Å². The van der Waals surface area contributed by atoms with Crippen LogP contribution in [0, 0.1) is 5.41 Å². The van der Waals surface area contributed by atoms with Gasteiger partial charge in [0.05, 0.1) is 19.1 Å². The minimum atomic E-state index is -0.330. The van der Waals surface area contributed by atoms with Gasteiger partial charge in [-0.2, -0.15) is 0 Å². The zero-order valence-corrected chi connectivity index (χ0v) is 20.5. The van der Waals surface area contributed by atoms with Crippen molar-refractivity contribution in [3.05, 3.63) is 23.8 Å². The first kappa shape index (κ1) is 25.3. The van der Waals surface area contributed by atoms with Crippen molar-refractivity contribution in [1.82, 2.24) is 15.5 Å². The second-order valence-corrected chi connectivity index (χ2v) is 7.38. The molecular weight excluding hydrogens is 483 g/mol. The predicted octanol–water partition coefficient (Wildman–Crippen LogP) is 3.03. The molecule has 0 radical (unpaired) electrons. The highest BCUT2D eigenvalue weighted by Crippen LogP contribution is 2.38. The number of amides is 1. The van der Waals surface area contributed by atoms with E-state index in [9.17, 15) is 4.79 Å². The fraction of sp³-hybridized carbons (Fsp3) is 0.619. The van der Waals surface area contributed by atoms with Crippen molar-refractivity contribution in [2.24, 2.45) is 10.4 Å². The lowest BCUT2D eigenvalue weighted by molar-refractivity contribution is -0.138. The number of carbonyl (C=O) groups is 1. The average Bonchev–Trinajstić information content (AvgIpc) is 3.18. The lowest BCUT2D eigenvalue weighted by Crippen LogP contribution is -2.49. The lowest BCUT2D eigenvalue weighted by atomic mass is 9.84. The molecule has 0 heterocycles. The van der Waals surface area contributed by atoms with Crippen LogP contribution in [-0.2, 0) is 11.3 Å². The number of guanidine groups is 1. The minimum Gasteiger partial charge on any atom is -0.493 e. The van der Waals surface area contributed by atoms with Crippen LogP contribution in [-0.4, -0.2) is 58.2 Å². The summed E-state index contributed by atoms with van der Waals surface area (Å²) in [7, 11) is 7.03. The van der Waals surface area contributed by atoms with Gasteiger partial charge < -0.3 is 25.0 Å². The smallest absolute Gasteiger partial charge is 0.230 e. The molecule has 2 N–H and O–H groups in total. The maximum Gasteiger partial charge on any atom is 0.230 e. The Kier molecular flexibility index (Phi) is 10.6. The number of rotatable bonds is 8. The summed E-state index contributed by atoms with van der Waals surface area (Å²) >= 11 is 0. The van der Waals surface area contributed by atoms with Crippen LogP contribution in [0.3, 0.4) is 0 Å². The molecule has 1 fully saturated rings. The third-order valence-corrected chi connectivity index (χ3v) is 5.23. The maximum atomic E-state index is 12.7. The normalized spacial score (nSPS) is 15.3. The standard InChI is InChI=1S/C21H34N4O3.HI/c1-6-28-18-13-16(9-10-17(18)27-5)14-23-20(22-2)24-15-21(11-7-8-12-21)19(26)25(3)4;/h9-10,13H,6-8,11-12,14-15H2,1-5H3,(H2,22,23,24);1H. The SMILES string of the molecule is CCOc1cc(CNC(=NC)NCC2(C(=O)N(C)C)CCCC2)ccc1OC.I. The maximum absolute atomic E-state index is 12.7. The highest BCUT2D eigenvalue weighted by atomic mass is 127. The van der Waals surface area contributed by atoms with Gasteiger partial charge in [-0.15, -0.1) is 24.0 Å². The van der Waals surface area contributed by atoms with Gasteiger partial charge in [0.15, 0.2) is 17.5 Å². The molecule has 1 aromatic carbocycles. The Morgan fingerprint density at radius 1 is 1.21 bits per heavy atom. The van der Waals surface area contributed by atoms with Crippen LogP contribution < -0.4 is 20.1 Å². The number of halogens is 1. The Morgan fingerprint density at radius 3 is 2.45 bits per heavy atom. The van der Waals surface area contributed by atoms with E-state index in [-0.39, 0.29) is 35.3 Å². The summed E-state index contributed by atoms with van der Waals surface area (Å²) in [5.41, 5.74) is 0.732. The van der Waals surface area contributed by atoms with Crippen molar-refractivity contribution >= 4 is 35.8 Å². The fourth-order valence-electron chi connectivity index (χ4n) is 3.75. The number of nitrogens with zero attached hydrogens (tertiary/aromatic N) is 2. The van der Waals surface area contributed by atoms with E-state index in [1.165, 1.54) is 0 Å². The van der Waals surface area contributed by atoms with Crippen molar-refractivity contribution in [2.75, 3.05) is 41.4 Å². The average molecular weight is 518 g/mol. The van der Waals surface area contributed by atoms with Crippen LogP contribution in [0.25, 0.3) is 0 Å². The van der Waals surface area contributed by atoms with E-state index >= 15 is 0 Å². The van der Waals surface area contributed by atoms with Crippen LogP contribution in [0.4, 0.5) is 0 Å². The van der Waals surface area contributed by atoms with E-state index in [4.69, 9.17) is 9.47 Å². The molecule has 1 amide bonds. The molecule has 0 bridgehead atoms. The summed E-state index contributed by atoms with van der Waals surface area (Å²) in [6.07, 6.45) is 4.03. The van der Waals surface area contributed by atoms with E-state index in [0.29, 0.717) is 25.7 Å². The molecule has 0 atom stereocenters. The first-order valence-electron chi connectivity index (χ1n) is 9.91. The first-order chi connectivity index (χ1) is 13.5. The van der Waals surface area contributed by atoms with Gasteiger partial charge in [0.1, 0.15) is 0 Å². The third-order valence-electron chi connectivity index (χ3n) is 5.23. The number of aliphatic imine (C=N–C) groups is 1. The third kappa shape index (κ3) is 6.65. The molecule has 1 aliphatic rings. The molecule has 8 heteroatoms. The van der Waals surface area contributed by atoms with E-state index in [1.54, 1.807) is 19.1 Å². The molecular formula is C21H35IN4O3. The summed E-state index contributed by atoms with van der Waals surface area (Å²) in [5, 5.41) is 6.68. The van der Waals surface area contributed by atoms with Gasteiger partial charge in [-0.3, -0.25) is 9.79 Å². The van der Waals surface area contributed by atoms with Crippen LogP contribution in [0.2, 0.25) is 0 Å². The summed E-state index contributed by atoms with van der Waals surface area (Å²) in [5.74, 6) is 2.34. The van der Waals surface area contributed by atoms with Crippen molar-refractivity contribution in [3.8, 4) is 11.5 Å².